The normalized spacial score (nSPS) is 21.4. The standard InChI is InChI=1S/C15H20N2O3/c18-15(17-5-7-19-8-6-17)11-16-10-13-9-12-3-1-2-4-14(12)20-13/h1-4,13,16H,5-11H2. The highest BCUT2D eigenvalue weighted by molar-refractivity contribution is 5.78. The van der Waals surface area contributed by atoms with Crippen molar-refractivity contribution in [2.24, 2.45) is 0 Å². The predicted octanol–water partition coefficient (Wildman–Crippen LogP) is 0.438. The molecule has 0 saturated carbocycles. The van der Waals surface area contributed by atoms with Crippen LogP contribution in [0.3, 0.4) is 0 Å². The molecule has 1 fully saturated rings. The van der Waals surface area contributed by atoms with Gasteiger partial charge in [-0.25, -0.2) is 0 Å². The summed E-state index contributed by atoms with van der Waals surface area (Å²) in [7, 11) is 0. The summed E-state index contributed by atoms with van der Waals surface area (Å²) in [6.45, 7) is 3.76. The Morgan fingerprint density at radius 1 is 1.30 bits per heavy atom. The highest BCUT2D eigenvalue weighted by Gasteiger charge is 2.22. The molecule has 2 aliphatic heterocycles. The lowest BCUT2D eigenvalue weighted by Crippen LogP contribution is -2.45. The van der Waals surface area contributed by atoms with E-state index in [0.29, 0.717) is 39.4 Å². The molecule has 0 bridgehead atoms. The zero-order valence-corrected chi connectivity index (χ0v) is 11.5. The number of ether oxygens (including phenoxy) is 2. The van der Waals surface area contributed by atoms with Crippen LogP contribution in [0.15, 0.2) is 24.3 Å². The molecule has 108 valence electrons. The van der Waals surface area contributed by atoms with Gasteiger partial charge in [0.1, 0.15) is 11.9 Å². The van der Waals surface area contributed by atoms with Gasteiger partial charge in [-0.2, -0.15) is 0 Å². The molecule has 1 aromatic rings. The van der Waals surface area contributed by atoms with Gasteiger partial charge in [0, 0.05) is 26.1 Å². The minimum absolute atomic E-state index is 0.130. The molecule has 3 rings (SSSR count). The van der Waals surface area contributed by atoms with Crippen LogP contribution in [-0.2, 0) is 16.0 Å². The SMILES string of the molecule is O=C(CNCC1Cc2ccccc2O1)N1CCOCC1. The first-order chi connectivity index (χ1) is 9.83. The highest BCUT2D eigenvalue weighted by Crippen LogP contribution is 2.27. The number of rotatable bonds is 4. The Kier molecular flexibility index (Phi) is 4.18. The Hall–Kier alpha value is -1.59. The fraction of sp³-hybridized carbons (Fsp3) is 0.533. The molecule has 0 aromatic heterocycles. The fourth-order valence-corrected chi connectivity index (χ4v) is 2.63. The van der Waals surface area contributed by atoms with E-state index in [1.54, 1.807) is 0 Å². The smallest absolute Gasteiger partial charge is 0.236 e. The van der Waals surface area contributed by atoms with Gasteiger partial charge in [0.2, 0.25) is 5.91 Å². The molecule has 1 unspecified atom stereocenters. The summed E-state index contributed by atoms with van der Waals surface area (Å²) in [4.78, 5) is 13.8. The molecule has 5 nitrogen and oxygen atoms in total. The molecule has 1 N–H and O–H groups in total. The molecular formula is C15H20N2O3. The monoisotopic (exact) mass is 276 g/mol. The molecule has 1 saturated heterocycles. The number of benzene rings is 1. The van der Waals surface area contributed by atoms with Crippen molar-refractivity contribution in [2.75, 3.05) is 39.4 Å². The van der Waals surface area contributed by atoms with Crippen LogP contribution in [0, 0.1) is 0 Å². The third-order valence-corrected chi connectivity index (χ3v) is 3.73. The first kappa shape index (κ1) is 13.4. The van der Waals surface area contributed by atoms with Gasteiger partial charge in [-0.3, -0.25) is 4.79 Å². The van der Waals surface area contributed by atoms with Crippen LogP contribution >= 0.6 is 0 Å². The Bertz CT molecular complexity index is 447. The van der Waals surface area contributed by atoms with Crippen molar-refractivity contribution in [3.05, 3.63) is 29.8 Å². The number of hydrogen-bond acceptors (Lipinski definition) is 4. The fourth-order valence-electron chi connectivity index (χ4n) is 2.63. The molecule has 1 amide bonds. The van der Waals surface area contributed by atoms with E-state index in [9.17, 15) is 4.79 Å². The number of carbonyl (C=O) groups is 1. The van der Waals surface area contributed by atoms with Gasteiger partial charge in [0.05, 0.1) is 19.8 Å². The van der Waals surface area contributed by atoms with Gasteiger partial charge < -0.3 is 19.7 Å². The summed E-state index contributed by atoms with van der Waals surface area (Å²) >= 11 is 0. The lowest BCUT2D eigenvalue weighted by atomic mass is 10.1. The van der Waals surface area contributed by atoms with Crippen LogP contribution in [0.5, 0.6) is 5.75 Å². The first-order valence-electron chi connectivity index (χ1n) is 7.14. The maximum absolute atomic E-state index is 12.0. The Morgan fingerprint density at radius 3 is 2.90 bits per heavy atom. The summed E-state index contributed by atoms with van der Waals surface area (Å²) in [5.41, 5.74) is 1.25. The van der Waals surface area contributed by atoms with Crippen LogP contribution in [0.4, 0.5) is 0 Å². The molecule has 5 heteroatoms. The molecule has 2 aliphatic rings. The zero-order chi connectivity index (χ0) is 13.8. The summed E-state index contributed by atoms with van der Waals surface area (Å²) in [6.07, 6.45) is 1.04. The predicted molar refractivity (Wildman–Crippen MR) is 74.8 cm³/mol. The van der Waals surface area contributed by atoms with Gasteiger partial charge in [0.25, 0.3) is 0 Å². The summed E-state index contributed by atoms with van der Waals surface area (Å²) < 4.78 is 11.1. The second-order valence-electron chi connectivity index (χ2n) is 5.18. The third kappa shape index (κ3) is 3.11. The van der Waals surface area contributed by atoms with Gasteiger partial charge in [0.15, 0.2) is 0 Å². The second-order valence-corrected chi connectivity index (χ2v) is 5.18. The molecule has 0 spiro atoms. The maximum Gasteiger partial charge on any atom is 0.236 e. The number of morpholine rings is 1. The number of amides is 1. The lowest BCUT2D eigenvalue weighted by Gasteiger charge is -2.27. The number of carbonyl (C=O) groups excluding carboxylic acids is 1. The van der Waals surface area contributed by atoms with E-state index >= 15 is 0 Å². The zero-order valence-electron chi connectivity index (χ0n) is 11.5. The Balaban J connectivity index is 1.39. The Labute approximate surface area is 118 Å². The summed E-state index contributed by atoms with van der Waals surface area (Å²) in [6, 6.07) is 8.10. The topological polar surface area (TPSA) is 50.8 Å². The van der Waals surface area contributed by atoms with Crippen molar-refractivity contribution in [1.82, 2.24) is 10.2 Å². The summed E-state index contributed by atoms with van der Waals surface area (Å²) in [5.74, 6) is 1.11. The van der Waals surface area contributed by atoms with Crippen molar-refractivity contribution in [3.63, 3.8) is 0 Å². The summed E-state index contributed by atoms with van der Waals surface area (Å²) in [5, 5.41) is 3.20. The number of fused-ring (bicyclic) bond motifs is 1. The van der Waals surface area contributed by atoms with E-state index in [0.717, 1.165) is 12.2 Å². The number of nitrogens with zero attached hydrogens (tertiary/aromatic N) is 1. The van der Waals surface area contributed by atoms with Crippen molar-refractivity contribution in [3.8, 4) is 5.75 Å². The van der Waals surface area contributed by atoms with E-state index in [4.69, 9.17) is 9.47 Å². The van der Waals surface area contributed by atoms with Crippen molar-refractivity contribution in [1.29, 1.82) is 0 Å². The van der Waals surface area contributed by atoms with Crippen LogP contribution in [0.1, 0.15) is 5.56 Å². The first-order valence-corrected chi connectivity index (χ1v) is 7.14. The van der Waals surface area contributed by atoms with E-state index < -0.39 is 0 Å². The van der Waals surface area contributed by atoms with E-state index in [1.807, 2.05) is 23.1 Å². The lowest BCUT2D eigenvalue weighted by molar-refractivity contribution is -0.134. The minimum Gasteiger partial charge on any atom is -0.488 e. The molecule has 2 heterocycles. The second kappa shape index (κ2) is 6.24. The third-order valence-electron chi connectivity index (χ3n) is 3.73. The molecule has 1 aromatic carbocycles. The van der Waals surface area contributed by atoms with Crippen molar-refractivity contribution < 1.29 is 14.3 Å². The van der Waals surface area contributed by atoms with Crippen molar-refractivity contribution in [2.45, 2.75) is 12.5 Å². The van der Waals surface area contributed by atoms with Gasteiger partial charge in [-0.1, -0.05) is 18.2 Å². The van der Waals surface area contributed by atoms with Gasteiger partial charge in [-0.15, -0.1) is 0 Å². The van der Waals surface area contributed by atoms with Crippen LogP contribution in [0.25, 0.3) is 0 Å². The molecule has 1 atom stereocenters. The van der Waals surface area contributed by atoms with Crippen LogP contribution in [0.2, 0.25) is 0 Å². The minimum atomic E-state index is 0.130. The van der Waals surface area contributed by atoms with Crippen molar-refractivity contribution >= 4 is 5.91 Å². The highest BCUT2D eigenvalue weighted by atomic mass is 16.5. The number of para-hydroxylation sites is 1. The van der Waals surface area contributed by atoms with Gasteiger partial charge >= 0.3 is 0 Å². The van der Waals surface area contributed by atoms with Gasteiger partial charge in [-0.05, 0) is 11.6 Å². The molecular weight excluding hydrogens is 256 g/mol. The molecule has 20 heavy (non-hydrogen) atoms. The van der Waals surface area contributed by atoms with E-state index in [1.165, 1.54) is 5.56 Å². The van der Waals surface area contributed by atoms with E-state index in [2.05, 4.69) is 11.4 Å². The van der Waals surface area contributed by atoms with E-state index in [-0.39, 0.29) is 12.0 Å². The quantitative estimate of drug-likeness (QED) is 0.867. The molecule has 0 radical (unpaired) electrons. The van der Waals surface area contributed by atoms with Crippen LogP contribution in [-0.4, -0.2) is 56.3 Å². The average molecular weight is 276 g/mol. The molecule has 0 aliphatic carbocycles. The van der Waals surface area contributed by atoms with Crippen LogP contribution < -0.4 is 10.1 Å². The average Bonchev–Trinajstić information content (AvgIpc) is 2.90. The number of nitrogens with one attached hydrogen (secondary N) is 1. The Morgan fingerprint density at radius 2 is 2.10 bits per heavy atom. The largest absolute Gasteiger partial charge is 0.488 e. The number of hydrogen-bond donors (Lipinski definition) is 1. The maximum atomic E-state index is 12.0.